The van der Waals surface area contributed by atoms with Crippen LogP contribution >= 0.6 is 34.5 Å². The molecule has 1 aromatic carbocycles. The van der Waals surface area contributed by atoms with Crippen LogP contribution in [0.15, 0.2) is 28.8 Å². The Balaban J connectivity index is 1.83. The molecule has 0 N–H and O–H groups in total. The third-order valence-corrected chi connectivity index (χ3v) is 5.33. The lowest BCUT2D eigenvalue weighted by Gasteiger charge is -1.91. The van der Waals surface area contributed by atoms with E-state index in [1.807, 2.05) is 38.4 Å². The van der Waals surface area contributed by atoms with E-state index in [2.05, 4.69) is 15.3 Å². The van der Waals surface area contributed by atoms with Gasteiger partial charge < -0.3 is 4.42 Å². The zero-order valence-corrected chi connectivity index (χ0v) is 14.5. The molecule has 23 heavy (non-hydrogen) atoms. The fourth-order valence-electron chi connectivity index (χ4n) is 2.41. The second kappa shape index (κ2) is 5.33. The Labute approximate surface area is 145 Å². The summed E-state index contributed by atoms with van der Waals surface area (Å²) < 4.78 is 8.50. The standard InChI is InChI=1S/C15H10Cl2N4OS/c1-7-10(6-21(2)20-7)14-18-19-15(22-14)13-12(17)9-4-3-8(16)5-11(9)23-13/h3-6H,1-2H3. The number of benzene rings is 1. The number of aryl methyl sites for hydroxylation is 2. The van der Waals surface area contributed by atoms with Gasteiger partial charge in [0.25, 0.3) is 11.8 Å². The van der Waals surface area contributed by atoms with Gasteiger partial charge in [-0.2, -0.15) is 5.10 Å². The molecule has 0 aliphatic rings. The zero-order valence-electron chi connectivity index (χ0n) is 12.2. The maximum atomic E-state index is 6.46. The Bertz CT molecular complexity index is 1030. The predicted octanol–water partition coefficient (Wildman–Crippen LogP) is 4.97. The highest BCUT2D eigenvalue weighted by molar-refractivity contribution is 7.23. The Morgan fingerprint density at radius 2 is 1.96 bits per heavy atom. The highest BCUT2D eigenvalue weighted by Crippen LogP contribution is 2.42. The third kappa shape index (κ3) is 2.43. The molecule has 4 aromatic rings. The van der Waals surface area contributed by atoms with E-state index in [-0.39, 0.29) is 0 Å². The first kappa shape index (κ1) is 14.7. The number of nitrogens with zero attached hydrogens (tertiary/aromatic N) is 4. The average Bonchev–Trinajstić information content (AvgIpc) is 3.17. The number of aromatic nitrogens is 4. The van der Waals surface area contributed by atoms with Crippen molar-refractivity contribution >= 4 is 44.6 Å². The largest absolute Gasteiger partial charge is 0.415 e. The molecule has 3 heterocycles. The predicted molar refractivity (Wildman–Crippen MR) is 92.1 cm³/mol. The summed E-state index contributed by atoms with van der Waals surface area (Å²) in [4.78, 5) is 0.740. The molecule has 116 valence electrons. The molecule has 8 heteroatoms. The van der Waals surface area contributed by atoms with Gasteiger partial charge in [0, 0.05) is 28.4 Å². The second-order valence-corrected chi connectivity index (χ2v) is 6.97. The van der Waals surface area contributed by atoms with Crippen molar-refractivity contribution in [3.05, 3.63) is 40.1 Å². The van der Waals surface area contributed by atoms with Crippen LogP contribution in [0.1, 0.15) is 5.69 Å². The highest BCUT2D eigenvalue weighted by atomic mass is 35.5. The van der Waals surface area contributed by atoms with Gasteiger partial charge in [0.15, 0.2) is 0 Å². The molecule has 0 amide bonds. The summed E-state index contributed by atoms with van der Waals surface area (Å²) in [7, 11) is 1.85. The number of hydrogen-bond acceptors (Lipinski definition) is 5. The van der Waals surface area contributed by atoms with E-state index in [0.29, 0.717) is 21.8 Å². The first-order valence-corrected chi connectivity index (χ1v) is 8.32. The molecule has 0 bridgehead atoms. The van der Waals surface area contributed by atoms with Crippen LogP contribution in [0.4, 0.5) is 0 Å². The van der Waals surface area contributed by atoms with Crippen molar-refractivity contribution in [2.75, 3.05) is 0 Å². The van der Waals surface area contributed by atoms with E-state index in [0.717, 1.165) is 26.2 Å². The number of hydrogen-bond donors (Lipinski definition) is 0. The van der Waals surface area contributed by atoms with Gasteiger partial charge in [0.1, 0.15) is 4.88 Å². The third-order valence-electron chi connectivity index (χ3n) is 3.45. The molecule has 0 radical (unpaired) electrons. The molecule has 0 saturated carbocycles. The Kier molecular flexibility index (Phi) is 3.41. The van der Waals surface area contributed by atoms with E-state index in [1.54, 1.807) is 4.68 Å². The SMILES string of the molecule is Cc1nn(C)cc1-c1nnc(-c2sc3cc(Cl)ccc3c2Cl)o1. The lowest BCUT2D eigenvalue weighted by atomic mass is 10.2. The summed E-state index contributed by atoms with van der Waals surface area (Å²) in [5.74, 6) is 0.822. The van der Waals surface area contributed by atoms with Crippen LogP contribution in [-0.2, 0) is 7.05 Å². The van der Waals surface area contributed by atoms with E-state index in [4.69, 9.17) is 27.6 Å². The number of fused-ring (bicyclic) bond motifs is 1. The van der Waals surface area contributed by atoms with E-state index in [9.17, 15) is 0 Å². The minimum Gasteiger partial charge on any atom is -0.415 e. The average molecular weight is 365 g/mol. The minimum atomic E-state index is 0.394. The van der Waals surface area contributed by atoms with Gasteiger partial charge in [0.05, 0.1) is 16.3 Å². The molecule has 0 unspecified atom stereocenters. The quantitative estimate of drug-likeness (QED) is 0.503. The molecule has 0 fully saturated rings. The molecule has 0 spiro atoms. The van der Waals surface area contributed by atoms with Gasteiger partial charge in [-0.3, -0.25) is 4.68 Å². The number of thiophene rings is 1. The van der Waals surface area contributed by atoms with Crippen molar-refractivity contribution in [2.45, 2.75) is 6.92 Å². The second-order valence-electron chi connectivity index (χ2n) is 5.10. The normalized spacial score (nSPS) is 11.5. The van der Waals surface area contributed by atoms with Crippen LogP contribution in [0.5, 0.6) is 0 Å². The first-order chi connectivity index (χ1) is 11.0. The fourth-order valence-corrected chi connectivity index (χ4v) is 4.12. The molecule has 4 rings (SSSR count). The highest BCUT2D eigenvalue weighted by Gasteiger charge is 2.20. The summed E-state index contributed by atoms with van der Waals surface area (Å²) in [6, 6.07) is 5.58. The minimum absolute atomic E-state index is 0.394. The Morgan fingerprint density at radius 1 is 1.17 bits per heavy atom. The van der Waals surface area contributed by atoms with Crippen LogP contribution in [0.25, 0.3) is 32.3 Å². The van der Waals surface area contributed by atoms with Crippen LogP contribution < -0.4 is 0 Å². The van der Waals surface area contributed by atoms with Crippen molar-refractivity contribution in [1.82, 2.24) is 20.0 Å². The molecule has 0 aliphatic carbocycles. The van der Waals surface area contributed by atoms with Crippen LogP contribution in [0, 0.1) is 6.92 Å². The van der Waals surface area contributed by atoms with Crippen molar-refractivity contribution in [1.29, 1.82) is 0 Å². The smallest absolute Gasteiger partial charge is 0.259 e. The summed E-state index contributed by atoms with van der Waals surface area (Å²) in [6.07, 6.45) is 1.85. The van der Waals surface area contributed by atoms with Crippen LogP contribution in [0.3, 0.4) is 0 Å². The maximum absolute atomic E-state index is 6.46. The van der Waals surface area contributed by atoms with Gasteiger partial charge in [-0.1, -0.05) is 29.3 Å². The van der Waals surface area contributed by atoms with Crippen molar-refractivity contribution in [3.8, 4) is 22.2 Å². The van der Waals surface area contributed by atoms with Gasteiger partial charge in [-0.15, -0.1) is 21.5 Å². The van der Waals surface area contributed by atoms with Crippen molar-refractivity contribution in [2.24, 2.45) is 7.05 Å². The van der Waals surface area contributed by atoms with Crippen molar-refractivity contribution < 1.29 is 4.42 Å². The lowest BCUT2D eigenvalue weighted by molar-refractivity contribution is 0.585. The van der Waals surface area contributed by atoms with Crippen LogP contribution in [0.2, 0.25) is 10.0 Å². The summed E-state index contributed by atoms with van der Waals surface area (Å²) in [5.41, 5.74) is 1.64. The van der Waals surface area contributed by atoms with Gasteiger partial charge >= 0.3 is 0 Å². The maximum Gasteiger partial charge on any atom is 0.259 e. The van der Waals surface area contributed by atoms with E-state index >= 15 is 0 Å². The van der Waals surface area contributed by atoms with Crippen LogP contribution in [-0.4, -0.2) is 20.0 Å². The van der Waals surface area contributed by atoms with Gasteiger partial charge in [-0.05, 0) is 19.1 Å². The molecular formula is C15H10Cl2N4OS. The molecule has 0 atom stereocenters. The Hall–Kier alpha value is -1.89. The van der Waals surface area contributed by atoms with Gasteiger partial charge in [-0.25, -0.2) is 0 Å². The lowest BCUT2D eigenvalue weighted by Crippen LogP contribution is -1.86. The van der Waals surface area contributed by atoms with E-state index < -0.39 is 0 Å². The number of rotatable bonds is 2. The van der Waals surface area contributed by atoms with E-state index in [1.165, 1.54) is 11.3 Å². The first-order valence-electron chi connectivity index (χ1n) is 6.75. The summed E-state index contributed by atoms with van der Waals surface area (Å²) in [6.45, 7) is 1.90. The fraction of sp³-hybridized carbons (Fsp3) is 0.133. The number of halogens is 2. The zero-order chi connectivity index (χ0) is 16.1. The molecule has 0 aliphatic heterocycles. The topological polar surface area (TPSA) is 56.7 Å². The molecular weight excluding hydrogens is 355 g/mol. The summed E-state index contributed by atoms with van der Waals surface area (Å²) >= 11 is 14.0. The Morgan fingerprint density at radius 3 is 2.70 bits per heavy atom. The molecule has 5 nitrogen and oxygen atoms in total. The summed E-state index contributed by atoms with van der Waals surface area (Å²) in [5, 5.41) is 14.7. The van der Waals surface area contributed by atoms with Gasteiger partial charge in [0.2, 0.25) is 0 Å². The monoisotopic (exact) mass is 364 g/mol. The molecule has 3 aromatic heterocycles. The molecule has 0 saturated heterocycles. The van der Waals surface area contributed by atoms with Crippen molar-refractivity contribution in [3.63, 3.8) is 0 Å².